The van der Waals surface area contributed by atoms with Crippen LogP contribution >= 0.6 is 11.8 Å². The summed E-state index contributed by atoms with van der Waals surface area (Å²) in [4.78, 5) is 19.3. The molecule has 6 heteroatoms. The van der Waals surface area contributed by atoms with Crippen molar-refractivity contribution in [1.82, 2.24) is 9.55 Å². The van der Waals surface area contributed by atoms with Gasteiger partial charge in [0, 0.05) is 43.6 Å². The van der Waals surface area contributed by atoms with Gasteiger partial charge in [0.25, 0.3) is 0 Å². The third-order valence-corrected chi connectivity index (χ3v) is 4.92. The van der Waals surface area contributed by atoms with Gasteiger partial charge in [0.05, 0.1) is 6.33 Å². The van der Waals surface area contributed by atoms with Crippen LogP contribution in [-0.2, 0) is 6.54 Å². The van der Waals surface area contributed by atoms with Crippen LogP contribution < -0.4 is 0 Å². The molecule has 1 aromatic heterocycles. The fourth-order valence-corrected chi connectivity index (χ4v) is 3.51. The molecule has 2 aromatic carbocycles. The smallest absolute Gasteiger partial charge is 0.150 e. The van der Waals surface area contributed by atoms with Crippen LogP contribution in [0.4, 0.5) is 0 Å². The predicted octanol–water partition coefficient (Wildman–Crippen LogP) is 4.96. The summed E-state index contributed by atoms with van der Waals surface area (Å²) >= 11 is 1.65. The van der Waals surface area contributed by atoms with E-state index in [1.165, 1.54) is 5.57 Å². The van der Waals surface area contributed by atoms with E-state index in [4.69, 9.17) is 5.11 Å². The van der Waals surface area contributed by atoms with Gasteiger partial charge in [-0.15, -0.1) is 11.8 Å². The number of aliphatic imine (C=N–C) groups is 1. The molecule has 154 valence electrons. The molecule has 1 N–H and O–H groups in total. The summed E-state index contributed by atoms with van der Waals surface area (Å²) in [7, 11) is 1.00. The van der Waals surface area contributed by atoms with Crippen molar-refractivity contribution in [1.29, 1.82) is 0 Å². The van der Waals surface area contributed by atoms with E-state index >= 15 is 0 Å². The number of aliphatic hydroxyl groups excluding tert-OH is 1. The molecule has 0 aliphatic rings. The lowest BCUT2D eigenvalue weighted by Crippen LogP contribution is -2.00. The number of benzene rings is 2. The maximum Gasteiger partial charge on any atom is 0.150 e. The fourth-order valence-electron chi connectivity index (χ4n) is 2.85. The monoisotopic (exact) mass is 419 g/mol. The summed E-state index contributed by atoms with van der Waals surface area (Å²) in [6.45, 7) is 4.18. The van der Waals surface area contributed by atoms with Crippen LogP contribution in [0.25, 0.3) is 17.2 Å². The Morgan fingerprint density at radius 3 is 2.60 bits per heavy atom. The molecule has 0 saturated carbocycles. The van der Waals surface area contributed by atoms with Crippen molar-refractivity contribution in [3.8, 4) is 11.1 Å². The number of carbonyl (C=O) groups excluding carboxylic acids is 1. The number of aliphatic hydroxyl groups is 1. The zero-order valence-electron chi connectivity index (χ0n) is 16.9. The van der Waals surface area contributed by atoms with Crippen LogP contribution in [0.3, 0.4) is 0 Å². The summed E-state index contributed by atoms with van der Waals surface area (Å²) in [6.07, 6.45) is 10.2. The van der Waals surface area contributed by atoms with Crippen molar-refractivity contribution >= 4 is 30.8 Å². The van der Waals surface area contributed by atoms with Crippen LogP contribution in [0, 0.1) is 0 Å². The normalized spacial score (nSPS) is 11.1. The summed E-state index contributed by atoms with van der Waals surface area (Å²) in [5, 5.41) is 8.92. The van der Waals surface area contributed by atoms with Gasteiger partial charge in [0.1, 0.15) is 6.29 Å². The average molecular weight is 420 g/mol. The Balaban J connectivity index is 0.00000155. The Morgan fingerprint density at radius 2 is 1.93 bits per heavy atom. The van der Waals surface area contributed by atoms with Crippen molar-refractivity contribution in [2.75, 3.05) is 12.9 Å². The van der Waals surface area contributed by atoms with Crippen LogP contribution in [-0.4, -0.2) is 40.5 Å². The molecule has 0 radical (unpaired) electrons. The highest BCUT2D eigenvalue weighted by Gasteiger charge is 2.05. The van der Waals surface area contributed by atoms with E-state index in [1.54, 1.807) is 30.5 Å². The van der Waals surface area contributed by atoms with E-state index in [-0.39, 0.29) is 0 Å². The first-order valence-corrected chi connectivity index (χ1v) is 10.3. The molecule has 0 aliphatic carbocycles. The molecule has 0 aliphatic heterocycles. The molecule has 3 aromatic rings. The first-order valence-electron chi connectivity index (χ1n) is 9.26. The van der Waals surface area contributed by atoms with Gasteiger partial charge in [0.2, 0.25) is 0 Å². The first kappa shape index (κ1) is 23.1. The summed E-state index contributed by atoms with van der Waals surface area (Å²) in [5.41, 5.74) is 5.00. The molecule has 0 bridgehead atoms. The van der Waals surface area contributed by atoms with E-state index in [0.717, 1.165) is 42.4 Å². The van der Waals surface area contributed by atoms with Gasteiger partial charge < -0.3 is 9.67 Å². The number of imidazole rings is 1. The number of aromatic nitrogens is 2. The lowest BCUT2D eigenvalue weighted by atomic mass is 9.99. The number of hydrogen-bond acceptors (Lipinski definition) is 5. The Kier molecular flexibility index (Phi) is 10.1. The Bertz CT molecular complexity index is 981. The standard InChI is InChI=1S/C23H21N3OS.CH4O/c1-24-8-10-28-17-21(15-26-9-7-25-18-26)12-19-11-20(16-27)14-23(13-19)22-5-3-2-4-6-22;1-2/h2-14,16,18H,1,15,17H2;2H,1H3/b10-8-,21-12-;. The number of rotatable bonds is 9. The molecule has 0 atom stereocenters. The zero-order valence-corrected chi connectivity index (χ0v) is 17.7. The minimum atomic E-state index is 0.665. The van der Waals surface area contributed by atoms with Gasteiger partial charge in [-0.25, -0.2) is 4.98 Å². The number of nitrogens with zero attached hydrogens (tertiary/aromatic N) is 3. The minimum absolute atomic E-state index is 0.665. The summed E-state index contributed by atoms with van der Waals surface area (Å²) in [5.74, 6) is 0.802. The SMILES string of the molecule is C=N/C=C\SC/C(=C\c1cc(C=O)cc(-c2ccccc2)c1)Cn1ccnc1.CO. The van der Waals surface area contributed by atoms with Gasteiger partial charge in [-0.3, -0.25) is 9.79 Å². The molecule has 0 fully saturated rings. The Morgan fingerprint density at radius 1 is 1.17 bits per heavy atom. The fraction of sp³-hybridized carbons (Fsp3) is 0.125. The topological polar surface area (TPSA) is 67.5 Å². The van der Waals surface area contributed by atoms with E-state index in [9.17, 15) is 4.79 Å². The number of hydrogen-bond donors (Lipinski definition) is 1. The van der Waals surface area contributed by atoms with Crippen molar-refractivity contribution in [2.24, 2.45) is 4.99 Å². The predicted molar refractivity (Wildman–Crippen MR) is 127 cm³/mol. The zero-order chi connectivity index (χ0) is 21.6. The molecule has 0 unspecified atom stereocenters. The molecule has 0 saturated heterocycles. The van der Waals surface area contributed by atoms with Crippen LogP contribution in [0.2, 0.25) is 0 Å². The van der Waals surface area contributed by atoms with Gasteiger partial charge in [-0.2, -0.15) is 0 Å². The van der Waals surface area contributed by atoms with Crippen molar-refractivity contribution in [3.05, 3.63) is 95.6 Å². The molecule has 0 amide bonds. The average Bonchev–Trinajstić information content (AvgIpc) is 3.31. The van der Waals surface area contributed by atoms with E-state index in [0.29, 0.717) is 5.56 Å². The second kappa shape index (κ2) is 13.1. The molecule has 3 rings (SSSR count). The van der Waals surface area contributed by atoms with E-state index in [1.807, 2.05) is 58.6 Å². The van der Waals surface area contributed by atoms with E-state index < -0.39 is 0 Å². The maximum absolute atomic E-state index is 11.5. The molecule has 1 heterocycles. The minimum Gasteiger partial charge on any atom is -0.400 e. The van der Waals surface area contributed by atoms with Gasteiger partial charge in [0.15, 0.2) is 0 Å². The Hall–Kier alpha value is -3.22. The molecular weight excluding hydrogens is 394 g/mol. The van der Waals surface area contributed by atoms with Crippen molar-refractivity contribution in [2.45, 2.75) is 6.54 Å². The molecule has 5 nitrogen and oxygen atoms in total. The lowest BCUT2D eigenvalue weighted by Gasteiger charge is -2.10. The molecule has 30 heavy (non-hydrogen) atoms. The van der Waals surface area contributed by atoms with Gasteiger partial charge in [-0.05, 0) is 52.6 Å². The quantitative estimate of drug-likeness (QED) is 0.393. The molecule has 0 spiro atoms. The first-order chi connectivity index (χ1) is 14.8. The highest BCUT2D eigenvalue weighted by atomic mass is 32.2. The summed E-state index contributed by atoms with van der Waals surface area (Å²) < 4.78 is 2.03. The highest BCUT2D eigenvalue weighted by Crippen LogP contribution is 2.24. The second-order valence-corrected chi connectivity index (χ2v) is 7.08. The number of carbonyl (C=O) groups is 1. The third kappa shape index (κ3) is 7.31. The van der Waals surface area contributed by atoms with Crippen molar-refractivity contribution < 1.29 is 9.90 Å². The lowest BCUT2D eigenvalue weighted by molar-refractivity contribution is 0.112. The van der Waals surface area contributed by atoms with E-state index in [2.05, 4.69) is 28.8 Å². The van der Waals surface area contributed by atoms with Crippen LogP contribution in [0.1, 0.15) is 15.9 Å². The third-order valence-electron chi connectivity index (χ3n) is 4.07. The van der Waals surface area contributed by atoms with Gasteiger partial charge in [-0.1, -0.05) is 36.4 Å². The largest absolute Gasteiger partial charge is 0.400 e. The summed E-state index contributed by atoms with van der Waals surface area (Å²) in [6, 6.07) is 16.0. The van der Waals surface area contributed by atoms with Crippen LogP contribution in [0.15, 0.2) is 89.4 Å². The second-order valence-electron chi connectivity index (χ2n) is 6.19. The number of thioether (sulfide) groups is 1. The maximum atomic E-state index is 11.5. The molecular formula is C24H25N3O2S. The van der Waals surface area contributed by atoms with Crippen LogP contribution in [0.5, 0.6) is 0 Å². The Labute approximate surface area is 181 Å². The van der Waals surface area contributed by atoms with Crippen molar-refractivity contribution in [3.63, 3.8) is 0 Å². The van der Waals surface area contributed by atoms with Gasteiger partial charge >= 0.3 is 0 Å². The highest BCUT2D eigenvalue weighted by molar-refractivity contribution is 8.02. The number of aldehydes is 1.